The molecule has 17 heavy (non-hydrogen) atoms. The first-order valence-electron chi connectivity index (χ1n) is 5.43. The molecule has 1 aromatic carbocycles. The number of carboxylic acid groups (broad SMARTS) is 1. The first-order valence-corrected chi connectivity index (χ1v) is 6.83. The Morgan fingerprint density at radius 1 is 1.59 bits per heavy atom. The van der Waals surface area contributed by atoms with Crippen LogP contribution < -0.4 is 11.1 Å². The van der Waals surface area contributed by atoms with Gasteiger partial charge in [-0.2, -0.15) is 11.8 Å². The minimum absolute atomic E-state index is 0.145. The molecule has 0 aliphatic heterocycles. The van der Waals surface area contributed by atoms with E-state index in [1.165, 1.54) is 6.07 Å². The quantitative estimate of drug-likeness (QED) is 0.680. The summed E-state index contributed by atoms with van der Waals surface area (Å²) < 4.78 is 0. The molecule has 0 amide bonds. The third kappa shape index (κ3) is 3.85. The second-order valence-electron chi connectivity index (χ2n) is 3.90. The molecule has 0 heterocycles. The molecule has 0 bridgehead atoms. The van der Waals surface area contributed by atoms with Gasteiger partial charge in [0.05, 0.1) is 16.9 Å². The molecule has 0 aromatic heterocycles. The van der Waals surface area contributed by atoms with Crippen LogP contribution in [0.5, 0.6) is 0 Å². The predicted octanol–water partition coefficient (Wildman–Crippen LogP) is 2.52. The van der Waals surface area contributed by atoms with Crippen LogP contribution in [0.2, 0.25) is 0 Å². The zero-order chi connectivity index (χ0) is 12.8. The van der Waals surface area contributed by atoms with Gasteiger partial charge in [0.1, 0.15) is 0 Å². The largest absolute Gasteiger partial charge is 0.478 e. The molecule has 1 unspecified atom stereocenters. The summed E-state index contributed by atoms with van der Waals surface area (Å²) in [5.41, 5.74) is 6.95. The molecule has 4 nitrogen and oxygen atoms in total. The van der Waals surface area contributed by atoms with E-state index in [1.54, 1.807) is 23.9 Å². The van der Waals surface area contributed by atoms with Crippen LogP contribution in [0.25, 0.3) is 0 Å². The summed E-state index contributed by atoms with van der Waals surface area (Å²) in [5, 5.41) is 12.2. The molecule has 0 aliphatic rings. The van der Waals surface area contributed by atoms with Crippen molar-refractivity contribution in [2.75, 3.05) is 23.1 Å². The number of thioether (sulfide) groups is 1. The zero-order valence-electron chi connectivity index (χ0n) is 10.1. The summed E-state index contributed by atoms with van der Waals surface area (Å²) in [5.74, 6) is 0.0649. The summed E-state index contributed by atoms with van der Waals surface area (Å²) >= 11 is 1.79. The highest BCUT2D eigenvalue weighted by Gasteiger charge is 2.12. The first kappa shape index (κ1) is 13.7. The number of nitrogens with one attached hydrogen (secondary N) is 1. The Hall–Kier alpha value is -1.36. The molecule has 1 atom stereocenters. The number of nitrogens with two attached hydrogens (primary N) is 1. The highest BCUT2D eigenvalue weighted by Crippen LogP contribution is 2.24. The standard InChI is InChI=1S/C12H18N2O2S/c1-8(6-7-17-2)14-10-5-3-4-9(11(10)13)12(15)16/h3-5,8,14H,6-7,13H2,1-2H3,(H,15,16). The lowest BCUT2D eigenvalue weighted by atomic mass is 10.1. The van der Waals surface area contributed by atoms with E-state index in [0.717, 1.165) is 12.2 Å². The molecule has 1 aromatic rings. The number of hydrogen-bond donors (Lipinski definition) is 3. The Morgan fingerprint density at radius 2 is 2.29 bits per heavy atom. The van der Waals surface area contributed by atoms with E-state index in [1.807, 2.05) is 0 Å². The summed E-state index contributed by atoms with van der Waals surface area (Å²) in [7, 11) is 0. The van der Waals surface area contributed by atoms with Crippen molar-refractivity contribution < 1.29 is 9.90 Å². The molecule has 94 valence electrons. The molecule has 0 saturated heterocycles. The van der Waals surface area contributed by atoms with Crippen molar-refractivity contribution in [1.82, 2.24) is 0 Å². The SMILES string of the molecule is CSCCC(C)Nc1cccc(C(=O)O)c1N. The van der Waals surface area contributed by atoms with Crippen molar-refractivity contribution in [3.63, 3.8) is 0 Å². The summed E-state index contributed by atoms with van der Waals surface area (Å²) in [4.78, 5) is 10.9. The molecule has 4 N–H and O–H groups in total. The molecule has 0 fully saturated rings. The van der Waals surface area contributed by atoms with Crippen molar-refractivity contribution in [3.05, 3.63) is 23.8 Å². The Labute approximate surface area is 106 Å². The third-order valence-corrected chi connectivity index (χ3v) is 3.14. The highest BCUT2D eigenvalue weighted by molar-refractivity contribution is 7.98. The van der Waals surface area contributed by atoms with Crippen LogP contribution >= 0.6 is 11.8 Å². The minimum Gasteiger partial charge on any atom is -0.478 e. The third-order valence-electron chi connectivity index (χ3n) is 2.49. The fraction of sp³-hybridized carbons (Fsp3) is 0.417. The maximum Gasteiger partial charge on any atom is 0.337 e. The average Bonchev–Trinajstić information content (AvgIpc) is 2.28. The number of benzene rings is 1. The second-order valence-corrected chi connectivity index (χ2v) is 4.88. The lowest BCUT2D eigenvalue weighted by Gasteiger charge is -2.17. The fourth-order valence-electron chi connectivity index (χ4n) is 1.51. The van der Waals surface area contributed by atoms with Gasteiger partial charge in [-0.15, -0.1) is 0 Å². The molecule has 0 spiro atoms. The number of para-hydroxylation sites is 1. The average molecular weight is 254 g/mol. The molecular formula is C12H18N2O2S. The monoisotopic (exact) mass is 254 g/mol. The number of rotatable bonds is 6. The summed E-state index contributed by atoms with van der Waals surface area (Å²) in [6.45, 7) is 2.06. The molecule has 0 saturated carbocycles. The van der Waals surface area contributed by atoms with Crippen LogP contribution in [0.1, 0.15) is 23.7 Å². The van der Waals surface area contributed by atoms with Crippen molar-refractivity contribution in [1.29, 1.82) is 0 Å². The van der Waals surface area contributed by atoms with Gasteiger partial charge in [-0.05, 0) is 37.5 Å². The lowest BCUT2D eigenvalue weighted by Crippen LogP contribution is -2.17. The Morgan fingerprint density at radius 3 is 2.88 bits per heavy atom. The van der Waals surface area contributed by atoms with Gasteiger partial charge in [0.2, 0.25) is 0 Å². The summed E-state index contributed by atoms with van der Waals surface area (Å²) in [6.07, 6.45) is 3.07. The fourth-order valence-corrected chi connectivity index (χ4v) is 2.10. The normalized spacial score (nSPS) is 12.1. The van der Waals surface area contributed by atoms with Gasteiger partial charge in [0.15, 0.2) is 0 Å². The van der Waals surface area contributed by atoms with E-state index in [-0.39, 0.29) is 11.6 Å². The van der Waals surface area contributed by atoms with Gasteiger partial charge in [-0.1, -0.05) is 6.07 Å². The van der Waals surface area contributed by atoms with Gasteiger partial charge < -0.3 is 16.2 Å². The van der Waals surface area contributed by atoms with E-state index >= 15 is 0 Å². The predicted molar refractivity (Wildman–Crippen MR) is 73.9 cm³/mol. The van der Waals surface area contributed by atoms with Crippen LogP contribution in [0.3, 0.4) is 0 Å². The topological polar surface area (TPSA) is 75.3 Å². The molecule has 5 heteroatoms. The number of aromatic carboxylic acids is 1. The molecule has 0 radical (unpaired) electrons. The van der Waals surface area contributed by atoms with Gasteiger partial charge in [-0.25, -0.2) is 4.79 Å². The Balaban J connectivity index is 2.77. The maximum atomic E-state index is 10.9. The highest BCUT2D eigenvalue weighted by atomic mass is 32.2. The van der Waals surface area contributed by atoms with Crippen molar-refractivity contribution in [2.24, 2.45) is 0 Å². The van der Waals surface area contributed by atoms with Gasteiger partial charge in [0, 0.05) is 6.04 Å². The number of carboxylic acids is 1. The van der Waals surface area contributed by atoms with Crippen LogP contribution in [-0.2, 0) is 0 Å². The van der Waals surface area contributed by atoms with E-state index in [0.29, 0.717) is 11.4 Å². The number of carbonyl (C=O) groups is 1. The zero-order valence-corrected chi connectivity index (χ0v) is 10.9. The number of nitrogen functional groups attached to an aromatic ring is 1. The number of anilines is 2. The smallest absolute Gasteiger partial charge is 0.337 e. The number of hydrogen-bond acceptors (Lipinski definition) is 4. The second kappa shape index (κ2) is 6.39. The lowest BCUT2D eigenvalue weighted by molar-refractivity contribution is 0.0698. The summed E-state index contributed by atoms with van der Waals surface area (Å²) in [6, 6.07) is 5.28. The van der Waals surface area contributed by atoms with Crippen molar-refractivity contribution in [3.8, 4) is 0 Å². The van der Waals surface area contributed by atoms with Crippen LogP contribution in [0.15, 0.2) is 18.2 Å². The van der Waals surface area contributed by atoms with E-state index < -0.39 is 5.97 Å². The van der Waals surface area contributed by atoms with Gasteiger partial charge in [0.25, 0.3) is 0 Å². The van der Waals surface area contributed by atoms with Crippen molar-refractivity contribution in [2.45, 2.75) is 19.4 Å². The van der Waals surface area contributed by atoms with Gasteiger partial charge >= 0.3 is 5.97 Å². The maximum absolute atomic E-state index is 10.9. The molecule has 1 rings (SSSR count). The van der Waals surface area contributed by atoms with Crippen molar-refractivity contribution >= 4 is 29.1 Å². The van der Waals surface area contributed by atoms with Crippen LogP contribution in [0, 0.1) is 0 Å². The molecular weight excluding hydrogens is 236 g/mol. The first-order chi connectivity index (χ1) is 8.06. The van der Waals surface area contributed by atoms with Crippen LogP contribution in [0.4, 0.5) is 11.4 Å². The van der Waals surface area contributed by atoms with Gasteiger partial charge in [-0.3, -0.25) is 0 Å². The van der Waals surface area contributed by atoms with Crippen LogP contribution in [-0.4, -0.2) is 29.1 Å². The van der Waals surface area contributed by atoms with E-state index in [2.05, 4.69) is 18.5 Å². The van der Waals surface area contributed by atoms with E-state index in [4.69, 9.17) is 10.8 Å². The minimum atomic E-state index is -0.997. The van der Waals surface area contributed by atoms with E-state index in [9.17, 15) is 4.79 Å². The molecule has 0 aliphatic carbocycles. The Bertz CT molecular complexity index is 396. The Kier molecular flexibility index (Phi) is 5.15.